The van der Waals surface area contributed by atoms with Crippen molar-refractivity contribution in [3.63, 3.8) is 0 Å². The molecule has 1 amide bonds. The van der Waals surface area contributed by atoms with E-state index in [4.69, 9.17) is 19.7 Å². The minimum absolute atomic E-state index is 0.136. The van der Waals surface area contributed by atoms with Crippen molar-refractivity contribution in [2.24, 2.45) is 5.41 Å². The van der Waals surface area contributed by atoms with E-state index in [9.17, 15) is 10.1 Å². The number of allylic oxidation sites excluding steroid dienone is 1. The lowest BCUT2D eigenvalue weighted by atomic mass is 9.40. The number of benzene rings is 1. The van der Waals surface area contributed by atoms with Gasteiger partial charge in [0.25, 0.3) is 0 Å². The number of aromatic nitrogens is 2. The van der Waals surface area contributed by atoms with Crippen molar-refractivity contribution in [3.05, 3.63) is 46.2 Å². The number of ether oxygens (including phenoxy) is 2. The molecule has 3 aliphatic carbocycles. The van der Waals surface area contributed by atoms with Crippen LogP contribution in [0.2, 0.25) is 0 Å². The zero-order valence-electron chi connectivity index (χ0n) is 19.3. The number of hydrogen-bond donors (Lipinski definition) is 1. The predicted octanol–water partition coefficient (Wildman–Crippen LogP) is 4.36. The third kappa shape index (κ3) is 3.50. The number of fused-ring (bicyclic) bond motifs is 1. The lowest BCUT2D eigenvalue weighted by molar-refractivity contribution is -0.0665. The van der Waals surface area contributed by atoms with Crippen LogP contribution >= 0.6 is 0 Å². The topological polar surface area (TPSA) is 124 Å². The van der Waals surface area contributed by atoms with Crippen LogP contribution in [0.5, 0.6) is 11.6 Å². The lowest BCUT2D eigenvalue weighted by Crippen LogP contribution is -2.70. The Kier molecular flexibility index (Phi) is 4.94. The van der Waals surface area contributed by atoms with Gasteiger partial charge in [-0.05, 0) is 68.0 Å². The summed E-state index contributed by atoms with van der Waals surface area (Å²) in [6.07, 6.45) is 5.12. The number of nitrogens with one attached hydrogen (secondary N) is 1. The zero-order chi connectivity index (χ0) is 24.1. The summed E-state index contributed by atoms with van der Waals surface area (Å²) < 4.78 is 11.2. The lowest BCUT2D eigenvalue weighted by Gasteiger charge is -2.66. The van der Waals surface area contributed by atoms with Gasteiger partial charge in [-0.3, -0.25) is 4.90 Å². The van der Waals surface area contributed by atoms with Gasteiger partial charge >= 0.3 is 6.09 Å². The Morgan fingerprint density at radius 1 is 1.18 bits per heavy atom. The molecule has 1 N–H and O–H groups in total. The summed E-state index contributed by atoms with van der Waals surface area (Å²) in [7, 11) is 1.35. The molecular formula is C25H24N6O3. The third-order valence-corrected chi connectivity index (χ3v) is 6.85. The van der Waals surface area contributed by atoms with E-state index < -0.39 is 6.09 Å². The van der Waals surface area contributed by atoms with E-state index in [0.29, 0.717) is 36.4 Å². The van der Waals surface area contributed by atoms with Crippen molar-refractivity contribution in [1.29, 1.82) is 10.5 Å². The number of aryl methyl sites for hydroxylation is 2. The molecule has 2 bridgehead atoms. The molecule has 4 aliphatic rings. The first kappa shape index (κ1) is 21.7. The Morgan fingerprint density at radius 2 is 1.88 bits per heavy atom. The Labute approximate surface area is 197 Å². The fourth-order valence-corrected chi connectivity index (χ4v) is 5.37. The fraction of sp³-hybridized carbons (Fsp3) is 0.400. The Balaban J connectivity index is 1.47. The summed E-state index contributed by atoms with van der Waals surface area (Å²) in [5.74, 6) is 1.51. The standard InChI is InChI=1S/C25H24N6O3/c1-15-7-17(5-4-6-26)8-16(2)20(15)34-21-18-9-31(23(32)33-3)10-19(18)28-22(29-21)30-25-11-24(12-25,13-25)14-27/h4-5,7-8H,9-13H2,1-3H3,(H,28,29,30)/b5-4+. The second-order valence-electron chi connectivity index (χ2n) is 9.48. The van der Waals surface area contributed by atoms with Crippen LogP contribution in [-0.4, -0.2) is 33.6 Å². The average Bonchev–Trinajstić information content (AvgIpc) is 3.20. The first-order valence-electron chi connectivity index (χ1n) is 11.1. The number of carbonyl (C=O) groups excluding carboxylic acids is 1. The van der Waals surface area contributed by atoms with E-state index >= 15 is 0 Å². The van der Waals surface area contributed by atoms with Gasteiger partial charge < -0.3 is 14.8 Å². The van der Waals surface area contributed by atoms with Crippen molar-refractivity contribution in [2.45, 2.75) is 51.7 Å². The number of amides is 1. The SMILES string of the molecule is COC(=O)N1Cc2nc(NC34CC(C#N)(C3)C4)nc(Oc3c(C)cc(/C=C/C#N)cc3C)c2C1. The number of carbonyl (C=O) groups is 1. The molecule has 1 aromatic heterocycles. The normalized spacial score (nSPS) is 23.9. The van der Waals surface area contributed by atoms with Crippen molar-refractivity contribution in [1.82, 2.24) is 14.9 Å². The number of rotatable bonds is 5. The van der Waals surface area contributed by atoms with Crippen LogP contribution in [0.3, 0.4) is 0 Å². The van der Waals surface area contributed by atoms with Gasteiger partial charge in [0.2, 0.25) is 11.8 Å². The second-order valence-corrected chi connectivity index (χ2v) is 9.48. The van der Waals surface area contributed by atoms with Gasteiger partial charge in [-0.1, -0.05) is 0 Å². The van der Waals surface area contributed by atoms with Gasteiger partial charge in [0.1, 0.15) is 5.75 Å². The quantitative estimate of drug-likeness (QED) is 0.658. The second kappa shape index (κ2) is 7.74. The Bertz CT molecular complexity index is 1280. The highest BCUT2D eigenvalue weighted by Gasteiger charge is 2.69. The molecule has 0 saturated heterocycles. The molecule has 172 valence electrons. The van der Waals surface area contributed by atoms with Gasteiger partial charge in [0.15, 0.2) is 0 Å². The van der Waals surface area contributed by atoms with Gasteiger partial charge in [-0.15, -0.1) is 0 Å². The van der Waals surface area contributed by atoms with Gasteiger partial charge in [0.05, 0.1) is 49.0 Å². The number of anilines is 1. The van der Waals surface area contributed by atoms with Crippen LogP contribution < -0.4 is 10.1 Å². The van der Waals surface area contributed by atoms with E-state index in [0.717, 1.165) is 41.5 Å². The first-order valence-corrected chi connectivity index (χ1v) is 11.1. The molecule has 2 heterocycles. The summed E-state index contributed by atoms with van der Waals surface area (Å²) in [5.41, 5.74) is 3.84. The molecule has 1 aliphatic heterocycles. The molecule has 9 heteroatoms. The molecule has 0 atom stereocenters. The van der Waals surface area contributed by atoms with Crippen LogP contribution in [0.25, 0.3) is 6.08 Å². The maximum Gasteiger partial charge on any atom is 0.410 e. The Hall–Kier alpha value is -4.11. The Morgan fingerprint density at radius 3 is 2.50 bits per heavy atom. The van der Waals surface area contributed by atoms with Crippen molar-refractivity contribution in [2.75, 3.05) is 12.4 Å². The molecule has 6 rings (SSSR count). The molecule has 0 radical (unpaired) electrons. The number of hydrogen-bond acceptors (Lipinski definition) is 8. The average molecular weight is 457 g/mol. The van der Waals surface area contributed by atoms with E-state index in [1.54, 1.807) is 11.0 Å². The minimum atomic E-state index is -0.435. The van der Waals surface area contributed by atoms with Crippen LogP contribution in [0.4, 0.5) is 10.7 Å². The molecule has 3 saturated carbocycles. The third-order valence-electron chi connectivity index (χ3n) is 6.85. The van der Waals surface area contributed by atoms with Gasteiger partial charge in [0, 0.05) is 11.6 Å². The predicted molar refractivity (Wildman–Crippen MR) is 123 cm³/mol. The highest BCUT2D eigenvalue weighted by Crippen LogP contribution is 2.67. The van der Waals surface area contributed by atoms with Gasteiger partial charge in [-0.25, -0.2) is 9.78 Å². The molecule has 0 spiro atoms. The molecule has 3 fully saturated rings. The number of nitriles is 2. The summed E-state index contributed by atoms with van der Waals surface area (Å²) in [5, 5.41) is 21.6. The largest absolute Gasteiger partial charge is 0.453 e. The number of methoxy groups -OCH3 is 1. The van der Waals surface area contributed by atoms with Crippen LogP contribution in [-0.2, 0) is 17.8 Å². The summed E-state index contributed by atoms with van der Waals surface area (Å²) in [4.78, 5) is 23.1. The highest BCUT2D eigenvalue weighted by molar-refractivity contribution is 5.69. The van der Waals surface area contributed by atoms with Crippen molar-refractivity contribution >= 4 is 18.1 Å². The zero-order valence-corrected chi connectivity index (χ0v) is 19.3. The van der Waals surface area contributed by atoms with E-state index in [2.05, 4.69) is 16.4 Å². The van der Waals surface area contributed by atoms with Crippen molar-refractivity contribution in [3.8, 4) is 23.8 Å². The van der Waals surface area contributed by atoms with E-state index in [1.807, 2.05) is 32.0 Å². The van der Waals surface area contributed by atoms with Crippen LogP contribution in [0.15, 0.2) is 18.2 Å². The smallest absolute Gasteiger partial charge is 0.410 e. The maximum absolute atomic E-state index is 12.2. The highest BCUT2D eigenvalue weighted by atomic mass is 16.5. The summed E-state index contributed by atoms with van der Waals surface area (Å²) in [6.45, 7) is 4.48. The molecule has 2 aromatic rings. The summed E-state index contributed by atoms with van der Waals surface area (Å²) in [6, 6.07) is 8.30. The molecule has 9 nitrogen and oxygen atoms in total. The van der Waals surface area contributed by atoms with Crippen molar-refractivity contribution < 1.29 is 14.3 Å². The minimum Gasteiger partial charge on any atom is -0.453 e. The number of nitrogens with zero attached hydrogens (tertiary/aromatic N) is 5. The monoisotopic (exact) mass is 456 g/mol. The van der Waals surface area contributed by atoms with E-state index in [-0.39, 0.29) is 11.0 Å². The van der Waals surface area contributed by atoms with Crippen LogP contribution in [0.1, 0.15) is 47.2 Å². The fourth-order valence-electron chi connectivity index (χ4n) is 5.37. The molecule has 34 heavy (non-hydrogen) atoms. The molecule has 0 unspecified atom stereocenters. The molecular weight excluding hydrogens is 432 g/mol. The summed E-state index contributed by atoms with van der Waals surface area (Å²) >= 11 is 0. The maximum atomic E-state index is 12.2. The van der Waals surface area contributed by atoms with Gasteiger partial charge in [-0.2, -0.15) is 15.5 Å². The molecule has 1 aromatic carbocycles. The first-order chi connectivity index (χ1) is 16.3. The van der Waals surface area contributed by atoms with E-state index in [1.165, 1.54) is 13.2 Å². The van der Waals surface area contributed by atoms with Crippen LogP contribution in [0, 0.1) is 41.9 Å².